The van der Waals surface area contributed by atoms with Crippen molar-refractivity contribution >= 4 is 5.91 Å². The first-order valence-corrected chi connectivity index (χ1v) is 18.9. The Morgan fingerprint density at radius 2 is 1.80 bits per heavy atom. The van der Waals surface area contributed by atoms with Crippen LogP contribution in [-0.2, 0) is 29.3 Å². The highest BCUT2D eigenvalue weighted by Crippen LogP contribution is 2.61. The number of hydrogen-bond acceptors (Lipinski definition) is 8. The number of aryl methyl sites for hydroxylation is 1. The van der Waals surface area contributed by atoms with Crippen LogP contribution in [0.2, 0.25) is 0 Å². The van der Waals surface area contributed by atoms with E-state index in [1.54, 1.807) is 18.1 Å². The number of phenolic OH excluding ortho intramolecular Hbond substituents is 1. The molecule has 50 heavy (non-hydrogen) atoms. The number of nitrogens with one attached hydrogen (secondary N) is 1. The molecule has 9 nitrogen and oxygen atoms in total. The molecule has 0 spiro atoms. The van der Waals surface area contributed by atoms with Crippen molar-refractivity contribution in [1.82, 2.24) is 20.2 Å². The van der Waals surface area contributed by atoms with Crippen LogP contribution >= 0.6 is 0 Å². The lowest BCUT2D eigenvalue weighted by molar-refractivity contribution is -0.183. The van der Waals surface area contributed by atoms with Crippen molar-refractivity contribution in [2.75, 3.05) is 27.2 Å². The second-order valence-electron chi connectivity index (χ2n) is 17.1. The van der Waals surface area contributed by atoms with Gasteiger partial charge in [0, 0.05) is 43.2 Å². The van der Waals surface area contributed by atoms with Crippen molar-refractivity contribution in [3.63, 3.8) is 0 Å². The molecular formula is C41H64N4O5. The zero-order valence-electron chi connectivity index (χ0n) is 32.0. The number of carbonyl (C=O) groups is 1. The van der Waals surface area contributed by atoms with Crippen LogP contribution < -0.4 is 5.32 Å². The fraction of sp³-hybridized carbons (Fsp3) is 0.683. The van der Waals surface area contributed by atoms with Gasteiger partial charge in [0.15, 0.2) is 0 Å². The van der Waals surface area contributed by atoms with E-state index < -0.39 is 24.2 Å². The van der Waals surface area contributed by atoms with Gasteiger partial charge in [-0.2, -0.15) is 5.06 Å². The summed E-state index contributed by atoms with van der Waals surface area (Å²) in [5, 5.41) is 37.1. The Balaban J connectivity index is 1.37. The summed E-state index contributed by atoms with van der Waals surface area (Å²) in [5.41, 5.74) is 4.47. The summed E-state index contributed by atoms with van der Waals surface area (Å²) in [6, 6.07) is 13.8. The standard InChI is InChI=1S/C41H64N4O5/c1-25(2)15-33(23-43(8)9)44(22-31-16-26(3)13-14-36(31)48)20-29-11-10-12-30(17-29)21-45-39(38(28(5)47)37(24-46)50-45)40(49)42-35-19-32-18-34(27(35)4)41(32,6)7/h10-14,16-17,25,27-28,32-35,37-39,46-48H,15,18-24H2,1-9H3,(H,42,49)/t27-,28-,32-,33-,34+,35-,37-,38+,39-/m0/s1. The molecule has 3 aliphatic carbocycles. The van der Waals surface area contributed by atoms with Crippen LogP contribution in [-0.4, -0.2) is 93.7 Å². The largest absolute Gasteiger partial charge is 0.508 e. The molecule has 2 aromatic rings. The van der Waals surface area contributed by atoms with Crippen LogP contribution in [0.25, 0.3) is 0 Å². The molecule has 9 heteroatoms. The van der Waals surface area contributed by atoms with Gasteiger partial charge in [0.25, 0.3) is 0 Å². The number of nitrogens with zero attached hydrogens (tertiary/aromatic N) is 3. The molecule has 1 amide bonds. The lowest BCUT2D eigenvalue weighted by Crippen LogP contribution is -2.62. The molecule has 0 unspecified atom stereocenters. The third kappa shape index (κ3) is 8.56. The first-order chi connectivity index (χ1) is 23.6. The lowest BCUT2D eigenvalue weighted by atomic mass is 9.45. The number of hydroxylamine groups is 2. The highest BCUT2D eigenvalue weighted by atomic mass is 16.7. The number of carbonyl (C=O) groups excluding carboxylic acids is 1. The van der Waals surface area contributed by atoms with Gasteiger partial charge in [0.1, 0.15) is 17.9 Å². The quantitative estimate of drug-likeness (QED) is 0.198. The number of rotatable bonds is 15. The molecule has 278 valence electrons. The number of amides is 1. The highest BCUT2D eigenvalue weighted by Gasteiger charge is 2.57. The molecule has 1 aliphatic heterocycles. The Bertz CT molecular complexity index is 1440. The molecule has 6 rings (SSSR count). The first-order valence-electron chi connectivity index (χ1n) is 18.9. The Kier molecular flexibility index (Phi) is 12.4. The molecule has 4 aliphatic rings. The van der Waals surface area contributed by atoms with Gasteiger partial charge >= 0.3 is 0 Å². The summed E-state index contributed by atoms with van der Waals surface area (Å²) in [7, 11) is 4.22. The van der Waals surface area contributed by atoms with Crippen LogP contribution in [0, 0.1) is 41.9 Å². The van der Waals surface area contributed by atoms with Crippen molar-refractivity contribution in [1.29, 1.82) is 0 Å². The van der Waals surface area contributed by atoms with E-state index >= 15 is 0 Å². The van der Waals surface area contributed by atoms with Gasteiger partial charge in [-0.15, -0.1) is 0 Å². The van der Waals surface area contributed by atoms with Crippen LogP contribution in [0.4, 0.5) is 0 Å². The maximum Gasteiger partial charge on any atom is 0.240 e. The number of aliphatic hydroxyl groups is 2. The van der Waals surface area contributed by atoms with E-state index in [-0.39, 0.29) is 24.6 Å². The smallest absolute Gasteiger partial charge is 0.240 e. The van der Waals surface area contributed by atoms with Gasteiger partial charge in [0.2, 0.25) is 5.91 Å². The van der Waals surface area contributed by atoms with Gasteiger partial charge in [0.05, 0.1) is 19.3 Å². The number of phenols is 1. The summed E-state index contributed by atoms with van der Waals surface area (Å²) in [6.07, 6.45) is 1.71. The number of hydrogen-bond donors (Lipinski definition) is 4. The molecule has 1 heterocycles. The van der Waals surface area contributed by atoms with Crippen molar-refractivity contribution in [3.05, 3.63) is 64.7 Å². The van der Waals surface area contributed by atoms with Crippen molar-refractivity contribution in [2.24, 2.45) is 35.0 Å². The molecule has 4 N–H and O–H groups in total. The van der Waals surface area contributed by atoms with Gasteiger partial charge in [-0.05, 0) is 93.5 Å². The van der Waals surface area contributed by atoms with Crippen LogP contribution in [0.3, 0.4) is 0 Å². The van der Waals surface area contributed by atoms with Crippen LogP contribution in [0.1, 0.15) is 83.1 Å². The first kappa shape index (κ1) is 38.7. The molecule has 4 fully saturated rings. The molecule has 2 bridgehead atoms. The van der Waals surface area contributed by atoms with Gasteiger partial charge < -0.3 is 25.5 Å². The van der Waals surface area contributed by atoms with E-state index in [4.69, 9.17) is 4.84 Å². The van der Waals surface area contributed by atoms with Crippen LogP contribution in [0.15, 0.2) is 42.5 Å². The van der Waals surface area contributed by atoms with E-state index in [1.165, 1.54) is 6.42 Å². The number of benzene rings is 2. The predicted molar refractivity (Wildman–Crippen MR) is 198 cm³/mol. The predicted octanol–water partition coefficient (Wildman–Crippen LogP) is 5.34. The maximum atomic E-state index is 14.2. The zero-order valence-corrected chi connectivity index (χ0v) is 32.0. The highest BCUT2D eigenvalue weighted by molar-refractivity contribution is 5.82. The normalized spacial score (nSPS) is 29.0. The average Bonchev–Trinajstić information content (AvgIpc) is 3.41. The summed E-state index contributed by atoms with van der Waals surface area (Å²) in [4.78, 5) is 25.1. The summed E-state index contributed by atoms with van der Waals surface area (Å²) in [6.45, 7) is 17.5. The lowest BCUT2D eigenvalue weighted by Gasteiger charge is -2.62. The van der Waals surface area contributed by atoms with Gasteiger partial charge in [-0.25, -0.2) is 0 Å². The Labute approximate surface area is 300 Å². The molecule has 0 radical (unpaired) electrons. The summed E-state index contributed by atoms with van der Waals surface area (Å²) < 4.78 is 0. The Morgan fingerprint density at radius 1 is 1.08 bits per heavy atom. The Hall–Kier alpha value is -2.53. The van der Waals surface area contributed by atoms with E-state index in [9.17, 15) is 20.1 Å². The zero-order chi connectivity index (χ0) is 36.5. The maximum absolute atomic E-state index is 14.2. The van der Waals surface area contributed by atoms with Crippen molar-refractivity contribution < 1.29 is 25.0 Å². The Morgan fingerprint density at radius 3 is 2.42 bits per heavy atom. The van der Waals surface area contributed by atoms with Gasteiger partial charge in [-0.1, -0.05) is 76.6 Å². The molecule has 3 saturated carbocycles. The molecule has 0 aromatic heterocycles. The fourth-order valence-corrected chi connectivity index (χ4v) is 9.40. The van der Waals surface area contributed by atoms with E-state index in [1.807, 2.05) is 12.1 Å². The number of fused-ring (bicyclic) bond motifs is 2. The third-order valence-corrected chi connectivity index (χ3v) is 12.2. The number of aliphatic hydroxyl groups excluding tert-OH is 2. The second-order valence-corrected chi connectivity index (χ2v) is 17.1. The fourth-order valence-electron chi connectivity index (χ4n) is 9.40. The van der Waals surface area contributed by atoms with Crippen molar-refractivity contribution in [2.45, 2.75) is 118 Å². The summed E-state index contributed by atoms with van der Waals surface area (Å²) in [5.74, 6) is 1.70. The molecule has 9 atom stereocenters. The molecular weight excluding hydrogens is 628 g/mol. The minimum atomic E-state index is -0.837. The van der Waals surface area contributed by atoms with E-state index in [2.05, 4.69) is 95.0 Å². The van der Waals surface area contributed by atoms with Crippen molar-refractivity contribution in [3.8, 4) is 5.75 Å². The topological polar surface area (TPSA) is 109 Å². The molecule has 1 saturated heterocycles. The van der Waals surface area contributed by atoms with Crippen LogP contribution in [0.5, 0.6) is 5.75 Å². The van der Waals surface area contributed by atoms with E-state index in [0.29, 0.717) is 54.5 Å². The third-order valence-electron chi connectivity index (χ3n) is 12.2. The minimum absolute atomic E-state index is 0.0899. The van der Waals surface area contributed by atoms with Gasteiger partial charge in [-0.3, -0.25) is 14.5 Å². The number of aromatic hydroxyl groups is 1. The monoisotopic (exact) mass is 692 g/mol. The summed E-state index contributed by atoms with van der Waals surface area (Å²) >= 11 is 0. The average molecular weight is 693 g/mol. The SMILES string of the molecule is Cc1ccc(O)c(CN(Cc2cccc(CN3O[C@@H](CO)[C@@H]([C@H](C)O)[C@H]3C(=O)N[C@H]3C[C@@H]4C[C@H]([C@@H]3C)C4(C)C)c2)[C@@H](CC(C)C)CN(C)C)c1. The van der Waals surface area contributed by atoms with E-state index in [0.717, 1.165) is 41.6 Å². The number of likely N-dealkylation sites (N-methyl/N-ethyl adjacent to an activating group) is 1. The minimum Gasteiger partial charge on any atom is -0.508 e. The second kappa shape index (κ2) is 16.0. The molecule has 2 aromatic carbocycles.